The Balaban J connectivity index is 2.40. The van der Waals surface area contributed by atoms with Gasteiger partial charge in [-0.25, -0.2) is 0 Å². The predicted octanol–water partition coefficient (Wildman–Crippen LogP) is 3.04. The van der Waals surface area contributed by atoms with Crippen molar-refractivity contribution in [3.63, 3.8) is 0 Å². The second-order valence-corrected chi connectivity index (χ2v) is 3.98. The number of hydrogen-bond donors (Lipinski definition) is 0. The third-order valence-corrected chi connectivity index (χ3v) is 2.61. The van der Waals surface area contributed by atoms with E-state index in [-0.39, 0.29) is 0 Å². The SMILES string of the molecule is O=C/C(Br)=C/C1CCCCC1. The molecule has 62 valence electrons. The molecule has 0 radical (unpaired) electrons. The first-order valence-corrected chi connectivity index (χ1v) is 4.94. The van der Waals surface area contributed by atoms with E-state index in [2.05, 4.69) is 15.9 Å². The molecular weight excluding hydrogens is 204 g/mol. The van der Waals surface area contributed by atoms with Crippen LogP contribution in [0.15, 0.2) is 10.6 Å². The Bertz CT molecular complexity index is 157. The standard InChI is InChI=1S/C9H13BrO/c10-9(7-11)6-8-4-2-1-3-5-8/h6-8H,1-5H2/b9-6-. The van der Waals surface area contributed by atoms with Crippen LogP contribution < -0.4 is 0 Å². The van der Waals surface area contributed by atoms with Gasteiger partial charge in [-0.15, -0.1) is 0 Å². The zero-order valence-corrected chi connectivity index (χ0v) is 8.14. The molecule has 1 aliphatic rings. The van der Waals surface area contributed by atoms with Gasteiger partial charge in [0.1, 0.15) is 0 Å². The van der Waals surface area contributed by atoms with Gasteiger partial charge < -0.3 is 0 Å². The Hall–Kier alpha value is -0.110. The summed E-state index contributed by atoms with van der Waals surface area (Å²) in [6.45, 7) is 0. The molecule has 0 aromatic carbocycles. The minimum atomic E-state index is 0.642. The van der Waals surface area contributed by atoms with Crippen LogP contribution >= 0.6 is 15.9 Å². The summed E-state index contributed by atoms with van der Waals surface area (Å²) in [5.41, 5.74) is 0. The van der Waals surface area contributed by atoms with Crippen molar-refractivity contribution in [3.8, 4) is 0 Å². The monoisotopic (exact) mass is 216 g/mol. The Morgan fingerprint density at radius 3 is 2.45 bits per heavy atom. The largest absolute Gasteiger partial charge is 0.297 e. The zero-order chi connectivity index (χ0) is 8.10. The van der Waals surface area contributed by atoms with E-state index in [4.69, 9.17) is 0 Å². The number of hydrogen-bond acceptors (Lipinski definition) is 1. The van der Waals surface area contributed by atoms with E-state index in [1.165, 1.54) is 32.1 Å². The molecule has 0 aromatic heterocycles. The first-order valence-electron chi connectivity index (χ1n) is 4.15. The molecule has 1 saturated carbocycles. The Kier molecular flexibility index (Phi) is 3.84. The maximum absolute atomic E-state index is 10.3. The summed E-state index contributed by atoms with van der Waals surface area (Å²) >= 11 is 3.21. The fourth-order valence-corrected chi connectivity index (χ4v) is 1.94. The predicted molar refractivity (Wildman–Crippen MR) is 49.6 cm³/mol. The van der Waals surface area contributed by atoms with E-state index in [9.17, 15) is 4.79 Å². The molecule has 0 aromatic rings. The quantitative estimate of drug-likeness (QED) is 0.513. The summed E-state index contributed by atoms with van der Waals surface area (Å²) in [6, 6.07) is 0. The van der Waals surface area contributed by atoms with Crippen LogP contribution in [0.5, 0.6) is 0 Å². The van der Waals surface area contributed by atoms with Crippen molar-refractivity contribution in [1.82, 2.24) is 0 Å². The number of allylic oxidation sites excluding steroid dienone is 2. The van der Waals surface area contributed by atoms with Gasteiger partial charge >= 0.3 is 0 Å². The molecule has 1 rings (SSSR count). The Morgan fingerprint density at radius 1 is 1.27 bits per heavy atom. The number of carbonyl (C=O) groups excluding carboxylic acids is 1. The summed E-state index contributed by atoms with van der Waals surface area (Å²) in [5, 5.41) is 0. The van der Waals surface area contributed by atoms with E-state index in [0.29, 0.717) is 10.4 Å². The molecule has 0 saturated heterocycles. The van der Waals surface area contributed by atoms with E-state index in [1.54, 1.807) is 0 Å². The van der Waals surface area contributed by atoms with Gasteiger partial charge in [-0.3, -0.25) is 4.79 Å². The Labute approximate surface area is 76.0 Å². The molecule has 2 heteroatoms. The topological polar surface area (TPSA) is 17.1 Å². The van der Waals surface area contributed by atoms with Crippen molar-refractivity contribution < 1.29 is 4.79 Å². The maximum atomic E-state index is 10.3. The summed E-state index contributed by atoms with van der Waals surface area (Å²) in [6.07, 6.45) is 9.43. The lowest BCUT2D eigenvalue weighted by atomic mass is 9.89. The van der Waals surface area contributed by atoms with Crippen molar-refractivity contribution >= 4 is 22.2 Å². The fourth-order valence-electron chi connectivity index (χ4n) is 1.57. The normalized spacial score (nSPS) is 21.7. The van der Waals surface area contributed by atoms with E-state index < -0.39 is 0 Å². The number of halogens is 1. The van der Waals surface area contributed by atoms with Crippen LogP contribution in [0.1, 0.15) is 32.1 Å². The lowest BCUT2D eigenvalue weighted by Gasteiger charge is -2.17. The maximum Gasteiger partial charge on any atom is 0.156 e. The highest BCUT2D eigenvalue weighted by molar-refractivity contribution is 9.12. The summed E-state index contributed by atoms with van der Waals surface area (Å²) in [5.74, 6) is 0.642. The van der Waals surface area contributed by atoms with Crippen LogP contribution in [0, 0.1) is 5.92 Å². The van der Waals surface area contributed by atoms with Gasteiger partial charge in [0.25, 0.3) is 0 Å². The first kappa shape index (κ1) is 8.98. The van der Waals surface area contributed by atoms with E-state index >= 15 is 0 Å². The van der Waals surface area contributed by atoms with Crippen molar-refractivity contribution in [3.05, 3.63) is 10.6 Å². The van der Waals surface area contributed by atoms with Crippen LogP contribution in [0.25, 0.3) is 0 Å². The van der Waals surface area contributed by atoms with Crippen molar-refractivity contribution in [2.75, 3.05) is 0 Å². The highest BCUT2D eigenvalue weighted by atomic mass is 79.9. The number of aldehydes is 1. The van der Waals surface area contributed by atoms with Crippen molar-refractivity contribution in [2.45, 2.75) is 32.1 Å². The number of rotatable bonds is 2. The van der Waals surface area contributed by atoms with E-state index in [1.807, 2.05) is 6.08 Å². The van der Waals surface area contributed by atoms with Crippen molar-refractivity contribution in [1.29, 1.82) is 0 Å². The van der Waals surface area contributed by atoms with Gasteiger partial charge in [-0.1, -0.05) is 25.3 Å². The molecule has 0 spiro atoms. The van der Waals surface area contributed by atoms with Gasteiger partial charge in [0.05, 0.1) is 4.48 Å². The third-order valence-electron chi connectivity index (χ3n) is 2.16. The summed E-state index contributed by atoms with van der Waals surface area (Å²) in [7, 11) is 0. The van der Waals surface area contributed by atoms with Crippen LogP contribution in [-0.2, 0) is 4.79 Å². The summed E-state index contributed by atoms with van der Waals surface area (Å²) < 4.78 is 0.712. The van der Waals surface area contributed by atoms with Crippen LogP contribution in [0.3, 0.4) is 0 Å². The van der Waals surface area contributed by atoms with Crippen LogP contribution in [0.4, 0.5) is 0 Å². The highest BCUT2D eigenvalue weighted by Gasteiger charge is 2.10. The van der Waals surface area contributed by atoms with Crippen LogP contribution in [-0.4, -0.2) is 6.29 Å². The third kappa shape index (κ3) is 3.19. The summed E-state index contributed by atoms with van der Waals surface area (Å²) in [4.78, 5) is 10.3. The molecule has 0 bridgehead atoms. The van der Waals surface area contributed by atoms with Crippen LogP contribution in [0.2, 0.25) is 0 Å². The first-order chi connectivity index (χ1) is 5.33. The van der Waals surface area contributed by atoms with E-state index in [0.717, 1.165) is 6.29 Å². The average Bonchev–Trinajstić information content (AvgIpc) is 2.06. The minimum Gasteiger partial charge on any atom is -0.297 e. The molecule has 0 atom stereocenters. The molecular formula is C9H13BrO. The van der Waals surface area contributed by atoms with Gasteiger partial charge in [-0.2, -0.15) is 0 Å². The second kappa shape index (κ2) is 4.70. The lowest BCUT2D eigenvalue weighted by Crippen LogP contribution is -2.03. The molecule has 11 heavy (non-hydrogen) atoms. The number of carbonyl (C=O) groups is 1. The molecule has 0 amide bonds. The lowest BCUT2D eigenvalue weighted by molar-refractivity contribution is -0.104. The molecule has 1 nitrogen and oxygen atoms in total. The van der Waals surface area contributed by atoms with Gasteiger partial charge in [0, 0.05) is 0 Å². The highest BCUT2D eigenvalue weighted by Crippen LogP contribution is 2.26. The van der Waals surface area contributed by atoms with Gasteiger partial charge in [0.2, 0.25) is 0 Å². The minimum absolute atomic E-state index is 0.642. The van der Waals surface area contributed by atoms with Gasteiger partial charge in [-0.05, 0) is 34.7 Å². The molecule has 1 aliphatic carbocycles. The molecule has 1 fully saturated rings. The fraction of sp³-hybridized carbons (Fsp3) is 0.667. The smallest absolute Gasteiger partial charge is 0.156 e. The molecule has 0 N–H and O–H groups in total. The average molecular weight is 217 g/mol. The zero-order valence-electron chi connectivity index (χ0n) is 6.55. The molecule has 0 heterocycles. The second-order valence-electron chi connectivity index (χ2n) is 3.07. The Morgan fingerprint density at radius 2 is 1.91 bits per heavy atom. The molecule has 0 aliphatic heterocycles. The van der Waals surface area contributed by atoms with Gasteiger partial charge in [0.15, 0.2) is 6.29 Å². The molecule has 0 unspecified atom stereocenters. The van der Waals surface area contributed by atoms with Crippen molar-refractivity contribution in [2.24, 2.45) is 5.92 Å².